The summed E-state index contributed by atoms with van der Waals surface area (Å²) in [5, 5.41) is 12.7. The van der Waals surface area contributed by atoms with Gasteiger partial charge in [0.05, 0.1) is 14.8 Å². The van der Waals surface area contributed by atoms with Crippen molar-refractivity contribution in [3.05, 3.63) is 20.3 Å². The van der Waals surface area contributed by atoms with Crippen molar-refractivity contribution in [1.29, 1.82) is 0 Å². The fraction of sp³-hybridized carbons (Fsp3) is 0.636. The molecule has 0 aliphatic heterocycles. The number of rotatable bonds is 5. The Morgan fingerprint density at radius 1 is 1.38 bits per heavy atom. The zero-order chi connectivity index (χ0) is 12.3. The van der Waals surface area contributed by atoms with Crippen LogP contribution in [0.1, 0.15) is 38.8 Å². The molecule has 1 rings (SSSR count). The third kappa shape index (κ3) is 4.22. The molecule has 0 spiro atoms. The van der Waals surface area contributed by atoms with E-state index >= 15 is 0 Å². The highest BCUT2D eigenvalue weighted by Crippen LogP contribution is 2.34. The van der Waals surface area contributed by atoms with Gasteiger partial charge in [-0.25, -0.2) is 0 Å². The molecule has 0 radical (unpaired) electrons. The van der Waals surface area contributed by atoms with Crippen molar-refractivity contribution in [2.75, 3.05) is 0 Å². The minimum Gasteiger partial charge on any atom is -0.393 e. The van der Waals surface area contributed by atoms with Crippen molar-refractivity contribution in [2.45, 2.75) is 45.4 Å². The molecular formula is C11H17Cl2NOS. The van der Waals surface area contributed by atoms with Crippen molar-refractivity contribution >= 4 is 34.5 Å². The van der Waals surface area contributed by atoms with E-state index in [1.165, 1.54) is 11.3 Å². The summed E-state index contributed by atoms with van der Waals surface area (Å²) in [6, 6.07) is 2.27. The fourth-order valence-electron chi connectivity index (χ4n) is 1.74. The van der Waals surface area contributed by atoms with E-state index in [0.717, 1.165) is 16.3 Å². The minimum atomic E-state index is -0.295. The Hall–Kier alpha value is 0.200. The fourth-order valence-corrected chi connectivity index (χ4v) is 3.39. The first-order chi connectivity index (χ1) is 7.40. The Morgan fingerprint density at radius 3 is 2.44 bits per heavy atom. The summed E-state index contributed by atoms with van der Waals surface area (Å²) in [6.45, 7) is 5.88. The summed E-state index contributed by atoms with van der Waals surface area (Å²) in [4.78, 5) is 0. The van der Waals surface area contributed by atoms with E-state index in [9.17, 15) is 5.11 Å². The summed E-state index contributed by atoms with van der Waals surface area (Å²) in [6.07, 6.45) is 0.427. The number of aliphatic hydroxyl groups is 1. The SMILES string of the molecule is CC(O)CC(C)NC(C)c1cc(Cl)sc1Cl. The Balaban J connectivity index is 2.58. The molecule has 1 aromatic rings. The van der Waals surface area contributed by atoms with E-state index in [0.29, 0.717) is 4.34 Å². The lowest BCUT2D eigenvalue weighted by Crippen LogP contribution is -2.31. The second-order valence-corrected chi connectivity index (χ2v) is 6.44. The average Bonchev–Trinajstić information content (AvgIpc) is 2.43. The van der Waals surface area contributed by atoms with Gasteiger partial charge in [-0.15, -0.1) is 11.3 Å². The lowest BCUT2D eigenvalue weighted by atomic mass is 10.1. The number of halogens is 2. The van der Waals surface area contributed by atoms with Gasteiger partial charge < -0.3 is 10.4 Å². The van der Waals surface area contributed by atoms with Crippen LogP contribution in [0.3, 0.4) is 0 Å². The minimum absolute atomic E-state index is 0.144. The van der Waals surface area contributed by atoms with Gasteiger partial charge in [0, 0.05) is 12.1 Å². The number of thiophene rings is 1. The smallest absolute Gasteiger partial charge is 0.0991 e. The molecule has 3 unspecified atom stereocenters. The maximum absolute atomic E-state index is 9.28. The van der Waals surface area contributed by atoms with Gasteiger partial charge in [-0.3, -0.25) is 0 Å². The van der Waals surface area contributed by atoms with Gasteiger partial charge in [0.15, 0.2) is 0 Å². The molecule has 0 amide bonds. The first-order valence-corrected chi connectivity index (χ1v) is 6.86. The molecule has 0 aromatic carbocycles. The van der Waals surface area contributed by atoms with Crippen LogP contribution in [0.2, 0.25) is 8.67 Å². The van der Waals surface area contributed by atoms with Crippen molar-refractivity contribution in [3.8, 4) is 0 Å². The Labute approximate surface area is 111 Å². The van der Waals surface area contributed by atoms with Crippen LogP contribution in [0.5, 0.6) is 0 Å². The zero-order valence-corrected chi connectivity index (χ0v) is 12.0. The van der Waals surface area contributed by atoms with E-state index in [1.54, 1.807) is 6.92 Å². The molecule has 0 saturated heterocycles. The Kier molecular flexibility index (Phi) is 5.54. The van der Waals surface area contributed by atoms with Crippen LogP contribution in [-0.2, 0) is 0 Å². The summed E-state index contributed by atoms with van der Waals surface area (Å²) in [7, 11) is 0. The first-order valence-electron chi connectivity index (χ1n) is 5.29. The van der Waals surface area contributed by atoms with Crippen molar-refractivity contribution in [2.24, 2.45) is 0 Å². The van der Waals surface area contributed by atoms with Crippen LogP contribution in [0.15, 0.2) is 6.07 Å². The molecule has 0 fully saturated rings. The molecule has 0 saturated carbocycles. The highest BCUT2D eigenvalue weighted by molar-refractivity contribution is 7.20. The molecule has 1 aromatic heterocycles. The molecule has 0 aliphatic carbocycles. The Bertz CT molecular complexity index is 341. The van der Waals surface area contributed by atoms with Crippen LogP contribution in [0, 0.1) is 0 Å². The summed E-state index contributed by atoms with van der Waals surface area (Å²) in [5.74, 6) is 0. The molecule has 2 nitrogen and oxygen atoms in total. The second kappa shape index (κ2) is 6.22. The number of hydrogen-bond acceptors (Lipinski definition) is 3. The third-order valence-corrected chi connectivity index (χ3v) is 3.90. The molecule has 3 atom stereocenters. The lowest BCUT2D eigenvalue weighted by molar-refractivity contribution is 0.168. The highest BCUT2D eigenvalue weighted by atomic mass is 35.5. The molecule has 2 N–H and O–H groups in total. The van der Waals surface area contributed by atoms with Crippen LogP contribution in [0.25, 0.3) is 0 Å². The van der Waals surface area contributed by atoms with E-state index in [2.05, 4.69) is 5.32 Å². The van der Waals surface area contributed by atoms with E-state index < -0.39 is 0 Å². The van der Waals surface area contributed by atoms with Crippen LogP contribution in [0.4, 0.5) is 0 Å². The molecule has 0 aliphatic rings. The largest absolute Gasteiger partial charge is 0.393 e. The van der Waals surface area contributed by atoms with E-state index in [-0.39, 0.29) is 18.2 Å². The van der Waals surface area contributed by atoms with Crippen molar-refractivity contribution < 1.29 is 5.11 Å². The summed E-state index contributed by atoms with van der Waals surface area (Å²) >= 11 is 13.4. The van der Waals surface area contributed by atoms with Gasteiger partial charge >= 0.3 is 0 Å². The molecule has 16 heavy (non-hydrogen) atoms. The van der Waals surface area contributed by atoms with Gasteiger partial charge in [0.25, 0.3) is 0 Å². The zero-order valence-electron chi connectivity index (χ0n) is 9.63. The highest BCUT2D eigenvalue weighted by Gasteiger charge is 2.16. The average molecular weight is 282 g/mol. The van der Waals surface area contributed by atoms with E-state index in [1.807, 2.05) is 19.9 Å². The van der Waals surface area contributed by atoms with Gasteiger partial charge in [0.2, 0.25) is 0 Å². The first kappa shape index (κ1) is 14.3. The van der Waals surface area contributed by atoms with Crippen molar-refractivity contribution in [1.82, 2.24) is 5.32 Å². The van der Waals surface area contributed by atoms with E-state index in [4.69, 9.17) is 23.2 Å². The molecule has 92 valence electrons. The molecule has 5 heteroatoms. The summed E-state index contributed by atoms with van der Waals surface area (Å²) < 4.78 is 1.44. The number of aliphatic hydroxyl groups excluding tert-OH is 1. The molecule has 0 bridgehead atoms. The number of nitrogens with one attached hydrogen (secondary N) is 1. The van der Waals surface area contributed by atoms with Crippen LogP contribution >= 0.6 is 34.5 Å². The van der Waals surface area contributed by atoms with Gasteiger partial charge in [-0.2, -0.15) is 0 Å². The van der Waals surface area contributed by atoms with Crippen LogP contribution < -0.4 is 5.32 Å². The second-order valence-electron chi connectivity index (χ2n) is 4.15. The standard InChI is InChI=1S/C11H17Cl2NOS/c1-6(4-7(2)15)14-8(3)9-5-10(12)16-11(9)13/h5-8,14-15H,4H2,1-3H3. The van der Waals surface area contributed by atoms with Gasteiger partial charge in [0.1, 0.15) is 0 Å². The maximum atomic E-state index is 9.28. The third-order valence-electron chi connectivity index (χ3n) is 2.38. The molecule has 1 heterocycles. The van der Waals surface area contributed by atoms with Gasteiger partial charge in [-0.05, 0) is 38.8 Å². The monoisotopic (exact) mass is 281 g/mol. The Morgan fingerprint density at radius 2 is 2.00 bits per heavy atom. The molecular weight excluding hydrogens is 265 g/mol. The normalized spacial score (nSPS) is 17.1. The van der Waals surface area contributed by atoms with Crippen molar-refractivity contribution in [3.63, 3.8) is 0 Å². The maximum Gasteiger partial charge on any atom is 0.0991 e. The van der Waals surface area contributed by atoms with Gasteiger partial charge in [-0.1, -0.05) is 23.2 Å². The predicted molar refractivity (Wildman–Crippen MR) is 71.6 cm³/mol. The lowest BCUT2D eigenvalue weighted by Gasteiger charge is -2.20. The van der Waals surface area contributed by atoms with Crippen LogP contribution in [-0.4, -0.2) is 17.3 Å². The predicted octanol–water partition coefficient (Wildman–Crippen LogP) is 3.86. The topological polar surface area (TPSA) is 32.3 Å². The summed E-state index contributed by atoms with van der Waals surface area (Å²) in [5.41, 5.74) is 1.02. The quantitative estimate of drug-likeness (QED) is 0.859. The number of hydrogen-bond donors (Lipinski definition) is 2.